The Bertz CT molecular complexity index is 219. The lowest BCUT2D eigenvalue weighted by Crippen LogP contribution is -2.25. The van der Waals surface area contributed by atoms with Crippen molar-refractivity contribution in [2.45, 2.75) is 65.7 Å². The summed E-state index contributed by atoms with van der Waals surface area (Å²) < 4.78 is 0. The maximum atomic E-state index is 10.4. The quantitative estimate of drug-likeness (QED) is 0.783. The fourth-order valence-corrected chi connectivity index (χ4v) is 2.86. The van der Waals surface area contributed by atoms with Gasteiger partial charge in [0.25, 0.3) is 0 Å². The second kappa shape index (κ2) is 5.70. The first-order chi connectivity index (χ1) is 7.39. The van der Waals surface area contributed by atoms with Gasteiger partial charge < -0.3 is 5.11 Å². The summed E-state index contributed by atoms with van der Waals surface area (Å²) in [5, 5.41) is 8.59. The zero-order chi connectivity index (χ0) is 12.2. The van der Waals surface area contributed by atoms with Gasteiger partial charge in [0, 0.05) is 6.42 Å². The van der Waals surface area contributed by atoms with Crippen molar-refractivity contribution in [3.63, 3.8) is 0 Å². The Morgan fingerprint density at radius 2 is 1.75 bits per heavy atom. The van der Waals surface area contributed by atoms with Crippen molar-refractivity contribution in [1.82, 2.24) is 0 Å². The Morgan fingerprint density at radius 1 is 1.19 bits per heavy atom. The number of carboxylic acid groups (broad SMARTS) is 1. The standard InChI is InChI=1S/C14H26O2/c1-14(2,3)12-9-7-11(8-10-12)5-4-6-13(15)16/h11-12H,4-10H2,1-3H3,(H,15,16). The summed E-state index contributed by atoms with van der Waals surface area (Å²) in [5.74, 6) is 1.00. The van der Waals surface area contributed by atoms with Gasteiger partial charge in [-0.2, -0.15) is 0 Å². The Kier molecular flexibility index (Phi) is 4.82. The zero-order valence-corrected chi connectivity index (χ0v) is 11.0. The molecule has 1 saturated carbocycles. The molecule has 0 aromatic carbocycles. The molecule has 1 aliphatic rings. The summed E-state index contributed by atoms with van der Waals surface area (Å²) >= 11 is 0. The molecule has 2 heteroatoms. The molecule has 0 aromatic rings. The van der Waals surface area contributed by atoms with Crippen LogP contribution in [0.2, 0.25) is 0 Å². The molecule has 16 heavy (non-hydrogen) atoms. The van der Waals surface area contributed by atoms with E-state index in [0.29, 0.717) is 11.8 Å². The van der Waals surface area contributed by atoms with Gasteiger partial charge in [0.2, 0.25) is 0 Å². The molecule has 0 saturated heterocycles. The van der Waals surface area contributed by atoms with Crippen LogP contribution in [-0.2, 0) is 4.79 Å². The van der Waals surface area contributed by atoms with Gasteiger partial charge in [0.15, 0.2) is 0 Å². The second-order valence-electron chi connectivity index (χ2n) is 6.37. The third kappa shape index (κ3) is 4.54. The van der Waals surface area contributed by atoms with Crippen LogP contribution in [0.25, 0.3) is 0 Å². The monoisotopic (exact) mass is 226 g/mol. The van der Waals surface area contributed by atoms with E-state index in [1.807, 2.05) is 0 Å². The number of aliphatic carboxylic acids is 1. The van der Waals surface area contributed by atoms with Gasteiger partial charge in [0.1, 0.15) is 0 Å². The minimum atomic E-state index is -0.650. The van der Waals surface area contributed by atoms with Crippen LogP contribution in [0.4, 0.5) is 0 Å². The van der Waals surface area contributed by atoms with Crippen LogP contribution in [0.1, 0.15) is 65.7 Å². The lowest BCUT2D eigenvalue weighted by molar-refractivity contribution is -0.137. The van der Waals surface area contributed by atoms with E-state index in [0.717, 1.165) is 24.7 Å². The Hall–Kier alpha value is -0.530. The van der Waals surface area contributed by atoms with E-state index in [9.17, 15) is 4.79 Å². The Morgan fingerprint density at radius 3 is 2.19 bits per heavy atom. The van der Waals surface area contributed by atoms with E-state index in [-0.39, 0.29) is 0 Å². The normalized spacial score (nSPS) is 26.7. The summed E-state index contributed by atoms with van der Waals surface area (Å²) in [7, 11) is 0. The molecule has 1 fully saturated rings. The highest BCUT2D eigenvalue weighted by Gasteiger charge is 2.29. The highest BCUT2D eigenvalue weighted by atomic mass is 16.4. The molecular formula is C14H26O2. The minimum absolute atomic E-state index is 0.346. The van der Waals surface area contributed by atoms with Crippen molar-refractivity contribution < 1.29 is 9.90 Å². The summed E-state index contributed by atoms with van der Waals surface area (Å²) in [4.78, 5) is 10.4. The third-order valence-corrected chi connectivity index (χ3v) is 4.07. The van der Waals surface area contributed by atoms with Gasteiger partial charge >= 0.3 is 5.97 Å². The molecule has 2 nitrogen and oxygen atoms in total. The molecule has 0 bridgehead atoms. The molecule has 0 radical (unpaired) electrons. The van der Waals surface area contributed by atoms with Crippen LogP contribution < -0.4 is 0 Å². The summed E-state index contributed by atoms with van der Waals surface area (Å²) in [6.07, 6.45) is 7.61. The molecule has 0 unspecified atom stereocenters. The highest BCUT2D eigenvalue weighted by Crippen LogP contribution is 2.40. The van der Waals surface area contributed by atoms with Crippen LogP contribution >= 0.6 is 0 Å². The Labute approximate surface area is 99.4 Å². The average Bonchev–Trinajstić information content (AvgIpc) is 2.16. The molecule has 0 heterocycles. The number of carbonyl (C=O) groups is 1. The predicted molar refractivity (Wildman–Crippen MR) is 66.4 cm³/mol. The van der Waals surface area contributed by atoms with Crippen LogP contribution in [0.3, 0.4) is 0 Å². The molecule has 0 aliphatic heterocycles. The minimum Gasteiger partial charge on any atom is -0.481 e. The third-order valence-electron chi connectivity index (χ3n) is 4.07. The average molecular weight is 226 g/mol. The zero-order valence-electron chi connectivity index (χ0n) is 11.0. The topological polar surface area (TPSA) is 37.3 Å². The Balaban J connectivity index is 2.19. The van der Waals surface area contributed by atoms with E-state index < -0.39 is 5.97 Å². The molecule has 0 amide bonds. The number of rotatable bonds is 4. The molecular weight excluding hydrogens is 200 g/mol. The largest absolute Gasteiger partial charge is 0.481 e. The summed E-state index contributed by atoms with van der Waals surface area (Å²) in [5.41, 5.74) is 0.450. The number of carboxylic acids is 1. The van der Waals surface area contributed by atoms with Gasteiger partial charge in [0.05, 0.1) is 0 Å². The molecule has 1 N–H and O–H groups in total. The first-order valence-corrected chi connectivity index (χ1v) is 6.61. The second-order valence-corrected chi connectivity index (χ2v) is 6.37. The summed E-state index contributed by atoms with van der Waals surface area (Å²) in [6.45, 7) is 7.01. The number of hydrogen-bond donors (Lipinski definition) is 1. The summed E-state index contributed by atoms with van der Waals surface area (Å²) in [6, 6.07) is 0. The van der Waals surface area contributed by atoms with E-state index >= 15 is 0 Å². The van der Waals surface area contributed by atoms with Gasteiger partial charge in [-0.25, -0.2) is 0 Å². The van der Waals surface area contributed by atoms with Crippen molar-refractivity contribution in [3.05, 3.63) is 0 Å². The smallest absolute Gasteiger partial charge is 0.303 e. The van der Waals surface area contributed by atoms with E-state index in [4.69, 9.17) is 5.11 Å². The van der Waals surface area contributed by atoms with Gasteiger partial charge in [-0.1, -0.05) is 33.6 Å². The van der Waals surface area contributed by atoms with Gasteiger partial charge in [-0.3, -0.25) is 4.79 Å². The lowest BCUT2D eigenvalue weighted by atomic mass is 9.69. The molecule has 0 spiro atoms. The van der Waals surface area contributed by atoms with E-state index in [2.05, 4.69) is 20.8 Å². The fourth-order valence-electron chi connectivity index (χ4n) is 2.86. The first kappa shape index (κ1) is 13.5. The van der Waals surface area contributed by atoms with Crippen LogP contribution in [-0.4, -0.2) is 11.1 Å². The molecule has 1 aliphatic carbocycles. The van der Waals surface area contributed by atoms with Crippen molar-refractivity contribution in [2.75, 3.05) is 0 Å². The molecule has 0 atom stereocenters. The fraction of sp³-hybridized carbons (Fsp3) is 0.929. The van der Waals surface area contributed by atoms with Crippen molar-refractivity contribution in [2.24, 2.45) is 17.3 Å². The first-order valence-electron chi connectivity index (χ1n) is 6.61. The van der Waals surface area contributed by atoms with Gasteiger partial charge in [-0.05, 0) is 42.9 Å². The maximum Gasteiger partial charge on any atom is 0.303 e. The molecule has 0 aromatic heterocycles. The lowest BCUT2D eigenvalue weighted by Gasteiger charge is -2.37. The van der Waals surface area contributed by atoms with Crippen LogP contribution in [0.5, 0.6) is 0 Å². The van der Waals surface area contributed by atoms with Crippen molar-refractivity contribution >= 4 is 5.97 Å². The van der Waals surface area contributed by atoms with Crippen LogP contribution in [0.15, 0.2) is 0 Å². The predicted octanol–water partition coefficient (Wildman–Crippen LogP) is 4.09. The molecule has 94 valence electrons. The number of hydrogen-bond acceptors (Lipinski definition) is 1. The van der Waals surface area contributed by atoms with Crippen molar-refractivity contribution in [1.29, 1.82) is 0 Å². The van der Waals surface area contributed by atoms with Gasteiger partial charge in [-0.15, -0.1) is 0 Å². The highest BCUT2D eigenvalue weighted by molar-refractivity contribution is 5.66. The van der Waals surface area contributed by atoms with Crippen molar-refractivity contribution in [3.8, 4) is 0 Å². The van der Waals surface area contributed by atoms with E-state index in [1.54, 1.807) is 0 Å². The van der Waals surface area contributed by atoms with Crippen LogP contribution in [0, 0.1) is 17.3 Å². The SMILES string of the molecule is CC(C)(C)C1CCC(CCCC(=O)O)CC1. The maximum absolute atomic E-state index is 10.4. The molecule has 1 rings (SSSR count). The van der Waals surface area contributed by atoms with E-state index in [1.165, 1.54) is 25.7 Å².